The summed E-state index contributed by atoms with van der Waals surface area (Å²) in [6.45, 7) is 6.52. The Labute approximate surface area is 307 Å². The van der Waals surface area contributed by atoms with Crippen LogP contribution in [0.4, 0.5) is 24.7 Å². The maximum absolute atomic E-state index is 14.3. The van der Waals surface area contributed by atoms with Gasteiger partial charge in [0.15, 0.2) is 11.5 Å². The number of piperazine rings is 1. The Bertz CT molecular complexity index is 1900. The molecule has 4 aromatic heterocycles. The normalized spacial score (nSPS) is 19.5. The number of pyridine rings is 2. The Morgan fingerprint density at radius 1 is 1.06 bits per heavy atom. The van der Waals surface area contributed by atoms with Gasteiger partial charge in [0, 0.05) is 75.9 Å². The Morgan fingerprint density at radius 3 is 2.51 bits per heavy atom. The molecule has 4 aromatic rings. The van der Waals surface area contributed by atoms with Gasteiger partial charge in [-0.1, -0.05) is 19.3 Å². The molecule has 1 saturated heterocycles. The van der Waals surface area contributed by atoms with Gasteiger partial charge in [-0.3, -0.25) is 14.7 Å². The third kappa shape index (κ3) is 8.25. The molecule has 2 saturated carbocycles. The molecular weight excluding hydrogens is 687 g/mol. The van der Waals surface area contributed by atoms with E-state index in [9.17, 15) is 18.0 Å². The van der Waals surface area contributed by atoms with Gasteiger partial charge in [0.05, 0.1) is 41.6 Å². The third-order valence-electron chi connectivity index (χ3n) is 11.0. The summed E-state index contributed by atoms with van der Waals surface area (Å²) in [5, 5.41) is 8.98. The summed E-state index contributed by atoms with van der Waals surface area (Å²) in [4.78, 5) is 44.4. The number of carbonyl (C=O) groups is 1. The number of rotatable bonds is 13. The Balaban J connectivity index is 1.20. The van der Waals surface area contributed by atoms with Crippen LogP contribution in [0.5, 0.6) is 0 Å². The molecule has 0 spiro atoms. The molecule has 5 heterocycles. The molecule has 0 aromatic carbocycles. The third-order valence-corrected chi connectivity index (χ3v) is 11.0. The highest BCUT2D eigenvalue weighted by Gasteiger charge is 2.40. The number of halogens is 3. The number of methoxy groups -OCH3 is 1. The lowest BCUT2D eigenvalue weighted by atomic mass is 9.74. The quantitative estimate of drug-likeness (QED) is 0.150. The van der Waals surface area contributed by atoms with Crippen molar-refractivity contribution in [2.24, 2.45) is 5.41 Å². The van der Waals surface area contributed by atoms with Crippen LogP contribution < -0.4 is 9.80 Å². The summed E-state index contributed by atoms with van der Waals surface area (Å²) in [5.74, 6) is 0.259. The van der Waals surface area contributed by atoms with Crippen LogP contribution in [0, 0.1) is 5.41 Å². The zero-order valence-corrected chi connectivity index (χ0v) is 30.6. The van der Waals surface area contributed by atoms with Crippen LogP contribution in [0.1, 0.15) is 81.9 Å². The molecule has 1 aliphatic heterocycles. The molecule has 2 N–H and O–H groups in total. The van der Waals surface area contributed by atoms with Crippen LogP contribution in [0.2, 0.25) is 0 Å². The van der Waals surface area contributed by atoms with E-state index in [2.05, 4.69) is 31.6 Å². The summed E-state index contributed by atoms with van der Waals surface area (Å²) < 4.78 is 48.6. The smallest absolute Gasteiger partial charge is 0.418 e. The van der Waals surface area contributed by atoms with Crippen LogP contribution in [-0.4, -0.2) is 105 Å². The van der Waals surface area contributed by atoms with Crippen molar-refractivity contribution in [1.29, 1.82) is 0 Å². The molecule has 284 valence electrons. The van der Waals surface area contributed by atoms with Crippen molar-refractivity contribution in [3.8, 4) is 22.8 Å². The van der Waals surface area contributed by atoms with E-state index in [-0.39, 0.29) is 35.1 Å². The van der Waals surface area contributed by atoms with E-state index in [1.165, 1.54) is 18.7 Å². The van der Waals surface area contributed by atoms with Crippen molar-refractivity contribution in [1.82, 2.24) is 34.8 Å². The second-order valence-electron chi connectivity index (χ2n) is 15.2. The van der Waals surface area contributed by atoms with Crippen molar-refractivity contribution in [3.63, 3.8) is 0 Å². The number of aromatic nitrogens is 6. The SMILES string of the molecule is COCC1(CN(C)c2cc(-c3cnc(C4CC4)c(C(F)(F)F)c3)nc3nc(-c4cnc(N5CCN(CCCC(=O)O)C[C@H]5C)cn4)[nH]c23)CCCCC1. The standard InChI is InChI=1S/C38H48F3N9O3/c1-24-21-49(13-7-8-32(51)52)14-15-50(24)31-20-42-29(19-43-31)35-46-34-30(48(2)22-37(23-53-3)11-5-4-6-12-37)17-28(45-36(34)47-35)26-16-27(38(39,40)41)33(44-18-26)25-9-10-25/h16-20,24-25H,4-15,21-23H2,1-3H3,(H,51,52)(H,45,46,47)/t24-/m1/s1. The molecule has 3 fully saturated rings. The van der Waals surface area contributed by atoms with Gasteiger partial charge >= 0.3 is 12.1 Å². The minimum absolute atomic E-state index is 0.0559. The van der Waals surface area contributed by atoms with Crippen LogP contribution in [0.3, 0.4) is 0 Å². The number of H-pyrrole nitrogens is 1. The maximum atomic E-state index is 14.3. The second-order valence-corrected chi connectivity index (χ2v) is 15.2. The lowest BCUT2D eigenvalue weighted by Gasteiger charge is -2.40. The summed E-state index contributed by atoms with van der Waals surface area (Å²) in [7, 11) is 3.73. The molecule has 15 heteroatoms. The largest absolute Gasteiger partial charge is 0.481 e. The molecule has 53 heavy (non-hydrogen) atoms. The van der Waals surface area contributed by atoms with Gasteiger partial charge < -0.3 is 24.6 Å². The summed E-state index contributed by atoms with van der Waals surface area (Å²) >= 11 is 0. The summed E-state index contributed by atoms with van der Waals surface area (Å²) in [6.07, 6.45) is 8.08. The number of hydrogen-bond donors (Lipinski definition) is 2. The fraction of sp³-hybridized carbons (Fsp3) is 0.579. The van der Waals surface area contributed by atoms with Crippen molar-refractivity contribution in [2.45, 2.75) is 82.8 Å². The number of nitrogens with zero attached hydrogens (tertiary/aromatic N) is 8. The zero-order chi connectivity index (χ0) is 37.3. The van der Waals surface area contributed by atoms with Gasteiger partial charge in [-0.25, -0.2) is 19.9 Å². The first-order valence-electron chi connectivity index (χ1n) is 18.6. The fourth-order valence-corrected chi connectivity index (χ4v) is 8.23. The number of anilines is 2. The molecule has 0 bridgehead atoms. The van der Waals surface area contributed by atoms with E-state index in [4.69, 9.17) is 29.8 Å². The van der Waals surface area contributed by atoms with Gasteiger partial charge in [0.25, 0.3) is 0 Å². The highest BCUT2D eigenvalue weighted by atomic mass is 19.4. The van der Waals surface area contributed by atoms with E-state index >= 15 is 0 Å². The van der Waals surface area contributed by atoms with Gasteiger partial charge in [-0.15, -0.1) is 0 Å². The number of alkyl halides is 3. The van der Waals surface area contributed by atoms with Gasteiger partial charge in [0.2, 0.25) is 0 Å². The average molecular weight is 736 g/mol. The highest BCUT2D eigenvalue weighted by Crippen LogP contribution is 2.46. The molecular formula is C38H48F3N9O3. The number of hydrogen-bond acceptors (Lipinski definition) is 10. The van der Waals surface area contributed by atoms with Crippen LogP contribution in [0.25, 0.3) is 33.9 Å². The molecule has 0 unspecified atom stereocenters. The number of nitrogens with one attached hydrogen (secondary N) is 1. The van der Waals surface area contributed by atoms with Crippen molar-refractivity contribution >= 4 is 28.6 Å². The topological polar surface area (TPSA) is 136 Å². The average Bonchev–Trinajstić information content (AvgIpc) is 3.89. The van der Waals surface area contributed by atoms with Crippen LogP contribution in [-0.2, 0) is 15.7 Å². The van der Waals surface area contributed by atoms with Gasteiger partial charge in [0.1, 0.15) is 17.0 Å². The van der Waals surface area contributed by atoms with E-state index in [1.54, 1.807) is 19.5 Å². The highest BCUT2D eigenvalue weighted by molar-refractivity contribution is 5.91. The lowest BCUT2D eigenvalue weighted by molar-refractivity contribution is -0.139. The molecule has 7 rings (SSSR count). The summed E-state index contributed by atoms with van der Waals surface area (Å²) in [6, 6.07) is 3.18. The monoisotopic (exact) mass is 735 g/mol. The van der Waals surface area contributed by atoms with Crippen molar-refractivity contribution in [2.75, 3.05) is 63.3 Å². The first-order chi connectivity index (χ1) is 25.4. The van der Waals surface area contributed by atoms with E-state index in [0.717, 1.165) is 63.4 Å². The molecule has 3 aliphatic rings. The maximum Gasteiger partial charge on any atom is 0.418 e. The number of aliphatic carboxylic acids is 1. The number of imidazole rings is 1. The second kappa shape index (κ2) is 15.2. The molecule has 2 aliphatic carbocycles. The zero-order valence-electron chi connectivity index (χ0n) is 30.6. The van der Waals surface area contributed by atoms with Crippen LogP contribution >= 0.6 is 0 Å². The number of ether oxygens (including phenoxy) is 1. The first-order valence-corrected chi connectivity index (χ1v) is 18.6. The number of fused-ring (bicyclic) bond motifs is 1. The number of aromatic amines is 1. The molecule has 0 radical (unpaired) electrons. The Morgan fingerprint density at radius 2 is 1.85 bits per heavy atom. The molecule has 12 nitrogen and oxygen atoms in total. The van der Waals surface area contributed by atoms with E-state index in [0.29, 0.717) is 60.8 Å². The Kier molecular flexibility index (Phi) is 10.6. The predicted molar refractivity (Wildman–Crippen MR) is 196 cm³/mol. The van der Waals surface area contributed by atoms with Gasteiger partial charge in [-0.2, -0.15) is 13.2 Å². The predicted octanol–water partition coefficient (Wildman–Crippen LogP) is 6.78. The van der Waals surface area contributed by atoms with Crippen molar-refractivity contribution in [3.05, 3.63) is 42.0 Å². The first kappa shape index (κ1) is 37.0. The molecule has 0 amide bonds. The minimum Gasteiger partial charge on any atom is -0.481 e. The van der Waals surface area contributed by atoms with E-state index in [1.807, 2.05) is 13.1 Å². The number of carboxylic acids is 1. The van der Waals surface area contributed by atoms with Crippen molar-refractivity contribution < 1.29 is 27.8 Å². The fourth-order valence-electron chi connectivity index (χ4n) is 8.23. The lowest BCUT2D eigenvalue weighted by Crippen LogP contribution is -2.52. The molecule has 1 atom stereocenters. The Hall–Kier alpha value is -4.37. The van der Waals surface area contributed by atoms with E-state index < -0.39 is 17.7 Å². The summed E-state index contributed by atoms with van der Waals surface area (Å²) in [5.41, 5.74) is 2.29. The van der Waals surface area contributed by atoms with Gasteiger partial charge in [-0.05, 0) is 57.7 Å². The van der Waals surface area contributed by atoms with Crippen LogP contribution in [0.15, 0.2) is 30.7 Å². The minimum atomic E-state index is -4.53. The number of carboxylic acid groups (broad SMARTS) is 1.